The van der Waals surface area contributed by atoms with E-state index in [-0.39, 0.29) is 12.3 Å². The average Bonchev–Trinajstić information content (AvgIpc) is 2.92. The predicted molar refractivity (Wildman–Crippen MR) is 134 cm³/mol. The van der Waals surface area contributed by atoms with Gasteiger partial charge in [0.25, 0.3) is 5.91 Å². The van der Waals surface area contributed by atoms with E-state index in [1.807, 2.05) is 6.07 Å². The Hall–Kier alpha value is -2.95. The molecule has 1 saturated heterocycles. The SMILES string of the molecule is CC(C)N1C(=O)C(=NCCc2ccnc(NC(=O)OC(C)(C)C)c2)C(c2ccccc2)S1(O)O. The van der Waals surface area contributed by atoms with E-state index in [2.05, 4.69) is 15.3 Å². The molecule has 34 heavy (non-hydrogen) atoms. The summed E-state index contributed by atoms with van der Waals surface area (Å²) in [6.07, 6.45) is 1.43. The molecular formula is C24H32N4O5S. The van der Waals surface area contributed by atoms with Crippen LogP contribution < -0.4 is 5.32 Å². The molecule has 2 aromatic rings. The van der Waals surface area contributed by atoms with E-state index in [0.29, 0.717) is 17.8 Å². The van der Waals surface area contributed by atoms with Crippen LogP contribution in [0.2, 0.25) is 0 Å². The fourth-order valence-electron chi connectivity index (χ4n) is 3.69. The second kappa shape index (κ2) is 10.1. The number of carbonyl (C=O) groups excluding carboxylic acids is 2. The number of nitrogens with zero attached hydrogens (tertiary/aromatic N) is 3. The van der Waals surface area contributed by atoms with Crippen LogP contribution >= 0.6 is 10.8 Å². The van der Waals surface area contributed by atoms with Gasteiger partial charge in [-0.3, -0.25) is 24.2 Å². The largest absolute Gasteiger partial charge is 0.444 e. The molecule has 1 aliphatic heterocycles. The topological polar surface area (TPSA) is 124 Å². The highest BCUT2D eigenvalue weighted by molar-refractivity contribution is 8.24. The molecule has 2 heterocycles. The van der Waals surface area contributed by atoms with Gasteiger partial charge in [-0.25, -0.2) is 14.1 Å². The Balaban J connectivity index is 1.78. The van der Waals surface area contributed by atoms with E-state index in [1.54, 1.807) is 77.2 Å². The molecule has 1 unspecified atom stereocenters. The summed E-state index contributed by atoms with van der Waals surface area (Å²) in [5, 5.41) is 1.69. The van der Waals surface area contributed by atoms with Crippen molar-refractivity contribution >= 4 is 34.3 Å². The van der Waals surface area contributed by atoms with Crippen LogP contribution in [0.4, 0.5) is 10.6 Å². The van der Waals surface area contributed by atoms with Crippen molar-refractivity contribution in [3.8, 4) is 0 Å². The highest BCUT2D eigenvalue weighted by Crippen LogP contribution is 2.62. The minimum Gasteiger partial charge on any atom is -0.444 e. The highest BCUT2D eigenvalue weighted by Gasteiger charge is 2.51. The Bertz CT molecular complexity index is 1070. The van der Waals surface area contributed by atoms with Crippen LogP contribution in [0.3, 0.4) is 0 Å². The summed E-state index contributed by atoms with van der Waals surface area (Å²) in [5.41, 5.74) is 0.993. The van der Waals surface area contributed by atoms with Crippen LogP contribution in [-0.4, -0.2) is 54.3 Å². The lowest BCUT2D eigenvalue weighted by atomic mass is 10.1. The van der Waals surface area contributed by atoms with Crippen LogP contribution in [0, 0.1) is 0 Å². The van der Waals surface area contributed by atoms with Crippen LogP contribution in [0.5, 0.6) is 0 Å². The number of amides is 2. The van der Waals surface area contributed by atoms with E-state index < -0.39 is 39.7 Å². The van der Waals surface area contributed by atoms with Crippen LogP contribution in [0.1, 0.15) is 51.0 Å². The summed E-state index contributed by atoms with van der Waals surface area (Å²) in [7, 11) is -3.43. The molecule has 0 radical (unpaired) electrons. The lowest BCUT2D eigenvalue weighted by Gasteiger charge is -2.42. The second-order valence-corrected chi connectivity index (χ2v) is 11.3. The smallest absolute Gasteiger partial charge is 0.413 e. The molecule has 184 valence electrons. The summed E-state index contributed by atoms with van der Waals surface area (Å²) in [6, 6.07) is 12.1. The van der Waals surface area contributed by atoms with Crippen molar-refractivity contribution in [1.29, 1.82) is 0 Å². The molecule has 0 saturated carbocycles. The Labute approximate surface area is 201 Å². The van der Waals surface area contributed by atoms with Crippen LogP contribution in [-0.2, 0) is 16.0 Å². The van der Waals surface area contributed by atoms with Crippen molar-refractivity contribution in [2.75, 3.05) is 11.9 Å². The Morgan fingerprint density at radius 2 is 1.91 bits per heavy atom. The van der Waals surface area contributed by atoms with Gasteiger partial charge in [-0.05, 0) is 64.3 Å². The van der Waals surface area contributed by atoms with Crippen molar-refractivity contribution in [1.82, 2.24) is 9.29 Å². The first-order valence-corrected chi connectivity index (χ1v) is 12.6. The fraction of sp³-hybridized carbons (Fsp3) is 0.417. The van der Waals surface area contributed by atoms with E-state index in [4.69, 9.17) is 4.74 Å². The number of nitrogens with one attached hydrogen (secondary N) is 1. The van der Waals surface area contributed by atoms with E-state index in [0.717, 1.165) is 9.87 Å². The first-order valence-electron chi connectivity index (χ1n) is 11.0. The summed E-state index contributed by atoms with van der Waals surface area (Å²) in [4.78, 5) is 33.8. The molecule has 9 nitrogen and oxygen atoms in total. The lowest BCUT2D eigenvalue weighted by molar-refractivity contribution is -0.120. The lowest BCUT2D eigenvalue weighted by Crippen LogP contribution is -2.34. The third-order valence-electron chi connectivity index (χ3n) is 4.98. The number of pyridine rings is 1. The molecule has 1 fully saturated rings. The third-order valence-corrected chi connectivity index (χ3v) is 7.28. The van der Waals surface area contributed by atoms with Crippen molar-refractivity contribution in [3.05, 3.63) is 59.8 Å². The van der Waals surface area contributed by atoms with Crippen LogP contribution in [0.15, 0.2) is 53.7 Å². The van der Waals surface area contributed by atoms with E-state index in [1.165, 1.54) is 0 Å². The van der Waals surface area contributed by atoms with Gasteiger partial charge in [-0.2, -0.15) is 0 Å². The third kappa shape index (κ3) is 5.94. The Morgan fingerprint density at radius 1 is 1.24 bits per heavy atom. The zero-order valence-corrected chi connectivity index (χ0v) is 20.9. The number of ether oxygens (including phenoxy) is 1. The number of carbonyl (C=O) groups is 2. The van der Waals surface area contributed by atoms with Crippen molar-refractivity contribution < 1.29 is 23.4 Å². The summed E-state index contributed by atoms with van der Waals surface area (Å²) >= 11 is 0. The van der Waals surface area contributed by atoms with Gasteiger partial charge in [0.1, 0.15) is 22.4 Å². The summed E-state index contributed by atoms with van der Waals surface area (Å²) in [5.74, 6) is -0.121. The predicted octanol–water partition coefficient (Wildman–Crippen LogP) is 5.07. The number of aromatic nitrogens is 1. The molecule has 1 aromatic heterocycles. The minimum atomic E-state index is -3.43. The zero-order chi connectivity index (χ0) is 25.1. The number of hydrogen-bond acceptors (Lipinski definition) is 7. The van der Waals surface area contributed by atoms with Gasteiger partial charge in [0.15, 0.2) is 0 Å². The van der Waals surface area contributed by atoms with E-state index in [9.17, 15) is 18.7 Å². The molecule has 10 heteroatoms. The molecule has 0 aliphatic carbocycles. The highest BCUT2D eigenvalue weighted by atomic mass is 32.3. The van der Waals surface area contributed by atoms with Gasteiger partial charge < -0.3 is 4.74 Å². The first-order chi connectivity index (χ1) is 15.9. The summed E-state index contributed by atoms with van der Waals surface area (Å²) in [6.45, 7) is 9.07. The fourth-order valence-corrected chi connectivity index (χ4v) is 5.87. The van der Waals surface area contributed by atoms with Crippen molar-refractivity contribution in [2.24, 2.45) is 4.99 Å². The summed E-state index contributed by atoms with van der Waals surface area (Å²) < 4.78 is 28.4. The normalized spacial score (nSPS) is 20.0. The van der Waals surface area contributed by atoms with E-state index >= 15 is 0 Å². The van der Waals surface area contributed by atoms with Gasteiger partial charge >= 0.3 is 6.09 Å². The average molecular weight is 489 g/mol. The molecule has 1 aromatic carbocycles. The standard InChI is InChI=1S/C24H32N4O5S/c1-16(2)28-22(29)20(21(34(28,31)32)18-9-7-6-8-10-18)26-14-12-17-11-13-25-19(15-17)27-23(30)33-24(3,4)5/h6-11,13,15-16,21,31-32H,12,14H2,1-5H3,(H,25,27,30). The molecule has 0 spiro atoms. The van der Waals surface area contributed by atoms with Crippen LogP contribution in [0.25, 0.3) is 0 Å². The molecule has 2 amide bonds. The number of aliphatic imine (C=N–C) groups is 1. The Morgan fingerprint density at radius 3 is 2.53 bits per heavy atom. The van der Waals surface area contributed by atoms with Gasteiger partial charge in [-0.1, -0.05) is 30.3 Å². The van der Waals surface area contributed by atoms with Gasteiger partial charge in [-0.15, -0.1) is 10.8 Å². The molecule has 1 aliphatic rings. The maximum absolute atomic E-state index is 13.1. The second-order valence-electron chi connectivity index (χ2n) is 9.27. The molecule has 3 N–H and O–H groups in total. The minimum absolute atomic E-state index is 0.140. The van der Waals surface area contributed by atoms with Crippen molar-refractivity contribution in [3.63, 3.8) is 0 Å². The Kier molecular flexibility index (Phi) is 7.64. The molecule has 3 rings (SSSR count). The molecular weight excluding hydrogens is 456 g/mol. The number of hydrogen-bond donors (Lipinski definition) is 3. The number of benzene rings is 1. The molecule has 1 atom stereocenters. The van der Waals surface area contributed by atoms with Gasteiger partial charge in [0.05, 0.1) is 0 Å². The maximum Gasteiger partial charge on any atom is 0.413 e. The van der Waals surface area contributed by atoms with Gasteiger partial charge in [0.2, 0.25) is 0 Å². The maximum atomic E-state index is 13.1. The van der Waals surface area contributed by atoms with Crippen molar-refractivity contribution in [2.45, 2.75) is 57.9 Å². The number of rotatable bonds is 6. The monoisotopic (exact) mass is 488 g/mol. The van der Waals surface area contributed by atoms with Gasteiger partial charge in [0, 0.05) is 18.8 Å². The first kappa shape index (κ1) is 25.7. The zero-order valence-electron chi connectivity index (χ0n) is 20.1. The number of anilines is 1. The quantitative estimate of drug-likeness (QED) is 0.521. The molecule has 0 bridgehead atoms.